The van der Waals surface area contributed by atoms with Crippen molar-refractivity contribution in [3.8, 4) is 44.9 Å². The van der Waals surface area contributed by atoms with E-state index in [1.165, 1.54) is 44.5 Å². The van der Waals surface area contributed by atoms with E-state index in [1.54, 1.807) is 0 Å². The molecule has 2 N–H and O–H groups in total. The number of aromatic hydroxyl groups is 2. The highest BCUT2D eigenvalue weighted by atomic mass is 16.3. The molecule has 210 valence electrons. The maximum Gasteiger partial charge on any atom is 0.127 e. The minimum atomic E-state index is -0.300. The lowest BCUT2D eigenvalue weighted by Gasteiger charge is -2.27. The molecule has 0 saturated heterocycles. The van der Waals surface area contributed by atoms with E-state index in [0.717, 1.165) is 22.3 Å². The minimum Gasteiger partial charge on any atom is -0.507 e. The Bertz CT molecular complexity index is 1450. The normalized spacial score (nSPS) is 12.2. The Morgan fingerprint density at radius 3 is 0.950 bits per heavy atom. The van der Waals surface area contributed by atoms with Gasteiger partial charge in [0.15, 0.2) is 0 Å². The minimum absolute atomic E-state index is 0.225. The number of aryl methyl sites for hydroxylation is 6. The van der Waals surface area contributed by atoms with Crippen LogP contribution in [0.5, 0.6) is 11.5 Å². The average Bonchev–Trinajstić information content (AvgIpc) is 2.78. The SMILES string of the molecule is Cc1cc(C)c(-c2cc(-c3cc(-c4c(C)cc(C)cc4C)cc(C(C)(C)C)c3O)c(O)c(C(C)(C)C)c2)c(C)c1. The molecular weight excluding hydrogens is 488 g/mol. The van der Waals surface area contributed by atoms with Crippen LogP contribution in [0.3, 0.4) is 0 Å². The van der Waals surface area contributed by atoms with Gasteiger partial charge in [0.1, 0.15) is 11.5 Å². The van der Waals surface area contributed by atoms with E-state index in [9.17, 15) is 10.2 Å². The van der Waals surface area contributed by atoms with Crippen LogP contribution in [-0.4, -0.2) is 10.2 Å². The molecule has 0 atom stereocenters. The summed E-state index contributed by atoms with van der Waals surface area (Å²) in [5.41, 5.74) is 14.2. The molecule has 40 heavy (non-hydrogen) atoms. The second kappa shape index (κ2) is 10.1. The molecule has 0 spiro atoms. The lowest BCUT2D eigenvalue weighted by atomic mass is 9.78. The van der Waals surface area contributed by atoms with Crippen LogP contribution in [-0.2, 0) is 10.8 Å². The average molecular weight is 535 g/mol. The first-order valence-electron chi connectivity index (χ1n) is 14.3. The Morgan fingerprint density at radius 1 is 0.425 bits per heavy atom. The predicted octanol–water partition coefficient (Wildman–Crippen LogP) is 10.5. The topological polar surface area (TPSA) is 40.5 Å². The zero-order valence-corrected chi connectivity index (χ0v) is 26.5. The molecule has 4 aromatic carbocycles. The zero-order chi connectivity index (χ0) is 29.9. The number of benzene rings is 4. The van der Waals surface area contributed by atoms with Gasteiger partial charge in [-0.1, -0.05) is 76.9 Å². The maximum atomic E-state index is 11.8. The van der Waals surface area contributed by atoms with E-state index in [-0.39, 0.29) is 22.3 Å². The molecule has 0 heterocycles. The van der Waals surface area contributed by atoms with Crippen molar-refractivity contribution < 1.29 is 10.2 Å². The van der Waals surface area contributed by atoms with Gasteiger partial charge in [-0.25, -0.2) is 0 Å². The summed E-state index contributed by atoms with van der Waals surface area (Å²) in [6.45, 7) is 25.6. The van der Waals surface area contributed by atoms with Crippen LogP contribution in [0.25, 0.3) is 33.4 Å². The monoisotopic (exact) mass is 534 g/mol. The van der Waals surface area contributed by atoms with Crippen LogP contribution < -0.4 is 0 Å². The van der Waals surface area contributed by atoms with E-state index in [0.29, 0.717) is 11.1 Å². The molecular formula is C38H46O2. The fourth-order valence-electron chi connectivity index (χ4n) is 6.38. The number of phenols is 2. The molecule has 0 aliphatic carbocycles. The maximum absolute atomic E-state index is 11.8. The summed E-state index contributed by atoms with van der Waals surface area (Å²) in [5.74, 6) is 0.451. The van der Waals surface area contributed by atoms with E-state index in [4.69, 9.17) is 0 Å². The van der Waals surface area contributed by atoms with E-state index in [2.05, 4.69) is 132 Å². The van der Waals surface area contributed by atoms with Crippen LogP contribution in [0.1, 0.15) is 86.1 Å². The quantitative estimate of drug-likeness (QED) is 0.274. The molecule has 0 fully saturated rings. The van der Waals surface area contributed by atoms with Crippen molar-refractivity contribution in [2.24, 2.45) is 0 Å². The highest BCUT2D eigenvalue weighted by Crippen LogP contribution is 2.49. The van der Waals surface area contributed by atoms with Gasteiger partial charge in [0.25, 0.3) is 0 Å². The van der Waals surface area contributed by atoms with Crippen molar-refractivity contribution >= 4 is 0 Å². The van der Waals surface area contributed by atoms with E-state index >= 15 is 0 Å². The molecule has 0 radical (unpaired) electrons. The number of rotatable bonds is 3. The lowest BCUT2D eigenvalue weighted by Crippen LogP contribution is -2.13. The molecule has 4 aromatic rings. The number of hydrogen-bond acceptors (Lipinski definition) is 2. The van der Waals surface area contributed by atoms with E-state index in [1.807, 2.05) is 0 Å². The zero-order valence-electron chi connectivity index (χ0n) is 26.5. The largest absolute Gasteiger partial charge is 0.507 e. The molecule has 0 aliphatic heterocycles. The molecule has 0 saturated carbocycles. The molecule has 2 heteroatoms. The fraction of sp³-hybridized carbons (Fsp3) is 0.368. The van der Waals surface area contributed by atoms with Gasteiger partial charge < -0.3 is 10.2 Å². The van der Waals surface area contributed by atoms with Gasteiger partial charge in [0.2, 0.25) is 0 Å². The molecule has 4 rings (SSSR count). The highest BCUT2D eigenvalue weighted by Gasteiger charge is 2.28. The summed E-state index contributed by atoms with van der Waals surface area (Å²) in [6.07, 6.45) is 0. The predicted molar refractivity (Wildman–Crippen MR) is 172 cm³/mol. The van der Waals surface area contributed by atoms with Crippen molar-refractivity contribution in [3.63, 3.8) is 0 Å². The van der Waals surface area contributed by atoms with Crippen LogP contribution in [0, 0.1) is 41.5 Å². The second-order valence-corrected chi connectivity index (χ2v) is 13.9. The van der Waals surface area contributed by atoms with Gasteiger partial charge in [-0.3, -0.25) is 0 Å². The van der Waals surface area contributed by atoms with Gasteiger partial charge in [-0.15, -0.1) is 0 Å². The van der Waals surface area contributed by atoms with Crippen molar-refractivity contribution in [2.75, 3.05) is 0 Å². The standard InChI is InChI=1S/C38H46O2/c1-21-13-23(3)33(24(4)14-21)27-17-29(35(39)31(19-27)37(7,8)9)30-18-28(20-32(36(30)40)38(10,11)12)34-25(5)15-22(2)16-26(34)6/h13-20,39-40H,1-12H3. The molecule has 2 nitrogen and oxygen atoms in total. The van der Waals surface area contributed by atoms with Crippen molar-refractivity contribution in [1.29, 1.82) is 0 Å². The first kappa shape index (κ1) is 29.5. The Morgan fingerprint density at radius 2 is 0.700 bits per heavy atom. The van der Waals surface area contributed by atoms with Gasteiger partial charge in [0.05, 0.1) is 0 Å². The van der Waals surface area contributed by atoms with Crippen molar-refractivity contribution in [2.45, 2.75) is 93.9 Å². The Kier molecular flexibility index (Phi) is 7.47. The lowest BCUT2D eigenvalue weighted by molar-refractivity contribution is 0.441. The van der Waals surface area contributed by atoms with Crippen LogP contribution in [0.4, 0.5) is 0 Å². The second-order valence-electron chi connectivity index (χ2n) is 13.9. The Labute approximate surface area is 241 Å². The van der Waals surface area contributed by atoms with Crippen LogP contribution in [0.15, 0.2) is 48.5 Å². The van der Waals surface area contributed by atoms with Gasteiger partial charge in [-0.05, 0) is 121 Å². The molecule has 0 unspecified atom stereocenters. The van der Waals surface area contributed by atoms with Crippen molar-refractivity contribution in [3.05, 3.63) is 93.0 Å². The summed E-state index contributed by atoms with van der Waals surface area (Å²) in [4.78, 5) is 0. The first-order valence-corrected chi connectivity index (χ1v) is 14.3. The summed E-state index contributed by atoms with van der Waals surface area (Å²) in [5, 5.41) is 23.7. The summed E-state index contributed by atoms with van der Waals surface area (Å²) >= 11 is 0. The highest BCUT2D eigenvalue weighted by molar-refractivity contribution is 5.88. The third-order valence-corrected chi connectivity index (χ3v) is 8.06. The molecule has 0 amide bonds. The summed E-state index contributed by atoms with van der Waals surface area (Å²) in [6, 6.07) is 17.2. The first-order chi connectivity index (χ1) is 18.4. The Balaban J connectivity index is 2.15. The molecule has 0 bridgehead atoms. The van der Waals surface area contributed by atoms with Gasteiger partial charge in [0, 0.05) is 22.3 Å². The van der Waals surface area contributed by atoms with Crippen LogP contribution in [0.2, 0.25) is 0 Å². The number of hydrogen-bond donors (Lipinski definition) is 2. The van der Waals surface area contributed by atoms with E-state index < -0.39 is 0 Å². The van der Waals surface area contributed by atoms with Crippen LogP contribution >= 0.6 is 0 Å². The third-order valence-electron chi connectivity index (χ3n) is 8.06. The summed E-state index contributed by atoms with van der Waals surface area (Å²) in [7, 11) is 0. The Hall–Kier alpha value is -3.52. The smallest absolute Gasteiger partial charge is 0.127 e. The fourth-order valence-corrected chi connectivity index (χ4v) is 6.38. The third kappa shape index (κ3) is 5.42. The molecule has 0 aromatic heterocycles. The number of phenolic OH excluding ortho intramolecular Hbond substituents is 2. The van der Waals surface area contributed by atoms with Gasteiger partial charge in [-0.2, -0.15) is 0 Å². The van der Waals surface area contributed by atoms with Crippen molar-refractivity contribution in [1.82, 2.24) is 0 Å². The van der Waals surface area contributed by atoms with Gasteiger partial charge >= 0.3 is 0 Å². The summed E-state index contributed by atoms with van der Waals surface area (Å²) < 4.78 is 0. The molecule has 0 aliphatic rings.